The van der Waals surface area contributed by atoms with E-state index in [0.717, 1.165) is 5.56 Å². The SMILES string of the molecule is CCOC(=O)c1nnn(-c2nonc2N)c1CNCc1cccnc1. The summed E-state index contributed by atoms with van der Waals surface area (Å²) in [5.41, 5.74) is 7.20. The third-order valence-electron chi connectivity index (χ3n) is 3.27. The third-order valence-corrected chi connectivity index (χ3v) is 3.27. The first-order chi connectivity index (χ1) is 12.2. The van der Waals surface area contributed by atoms with Gasteiger partial charge in [0.15, 0.2) is 5.69 Å². The molecule has 0 bridgehead atoms. The van der Waals surface area contributed by atoms with E-state index in [1.165, 1.54) is 4.68 Å². The molecule has 130 valence electrons. The molecule has 0 fully saturated rings. The average molecular weight is 344 g/mol. The molecular weight excluding hydrogens is 328 g/mol. The number of carbonyl (C=O) groups excluding carboxylic acids is 1. The maximum absolute atomic E-state index is 12.1. The second-order valence-corrected chi connectivity index (χ2v) is 4.95. The van der Waals surface area contributed by atoms with E-state index in [4.69, 9.17) is 10.5 Å². The molecule has 3 aromatic heterocycles. The largest absolute Gasteiger partial charge is 0.461 e. The third kappa shape index (κ3) is 3.61. The van der Waals surface area contributed by atoms with Gasteiger partial charge in [-0.1, -0.05) is 11.3 Å². The summed E-state index contributed by atoms with van der Waals surface area (Å²) in [6.07, 6.45) is 3.44. The van der Waals surface area contributed by atoms with Crippen molar-refractivity contribution in [3.63, 3.8) is 0 Å². The van der Waals surface area contributed by atoms with E-state index >= 15 is 0 Å². The minimum Gasteiger partial charge on any atom is -0.461 e. The van der Waals surface area contributed by atoms with Gasteiger partial charge >= 0.3 is 5.97 Å². The minimum atomic E-state index is -0.582. The molecule has 0 saturated heterocycles. The highest BCUT2D eigenvalue weighted by Gasteiger charge is 2.24. The predicted octanol–water partition coefficient (Wildman–Crippen LogP) is 0.0940. The molecule has 25 heavy (non-hydrogen) atoms. The fourth-order valence-corrected chi connectivity index (χ4v) is 2.15. The van der Waals surface area contributed by atoms with Gasteiger partial charge < -0.3 is 15.8 Å². The Morgan fingerprint density at radius 1 is 1.40 bits per heavy atom. The molecule has 3 N–H and O–H groups in total. The van der Waals surface area contributed by atoms with Gasteiger partial charge in [0, 0.05) is 25.5 Å². The Bertz CT molecular complexity index is 845. The lowest BCUT2D eigenvalue weighted by Crippen LogP contribution is -2.19. The highest BCUT2D eigenvalue weighted by molar-refractivity contribution is 5.88. The summed E-state index contributed by atoms with van der Waals surface area (Å²) < 4.78 is 10.9. The van der Waals surface area contributed by atoms with Crippen molar-refractivity contribution in [2.45, 2.75) is 20.0 Å². The molecule has 0 aromatic carbocycles. The molecule has 3 rings (SSSR count). The predicted molar refractivity (Wildman–Crippen MR) is 84.4 cm³/mol. The molecule has 0 unspecified atom stereocenters. The van der Waals surface area contributed by atoms with Crippen LogP contribution in [0.1, 0.15) is 28.7 Å². The van der Waals surface area contributed by atoms with Gasteiger partial charge in [0.05, 0.1) is 12.3 Å². The van der Waals surface area contributed by atoms with Gasteiger partial charge in [0.25, 0.3) is 0 Å². The first-order valence-corrected chi connectivity index (χ1v) is 7.50. The quantitative estimate of drug-likeness (QED) is 0.565. The van der Waals surface area contributed by atoms with Crippen LogP contribution < -0.4 is 11.1 Å². The van der Waals surface area contributed by atoms with Crippen LogP contribution in [-0.2, 0) is 17.8 Å². The fourth-order valence-electron chi connectivity index (χ4n) is 2.15. The Morgan fingerprint density at radius 3 is 2.96 bits per heavy atom. The Labute approximate surface area is 142 Å². The van der Waals surface area contributed by atoms with Gasteiger partial charge in [-0.05, 0) is 28.9 Å². The van der Waals surface area contributed by atoms with Crippen LogP contribution in [0.25, 0.3) is 5.82 Å². The monoisotopic (exact) mass is 344 g/mol. The molecule has 11 nitrogen and oxygen atoms in total. The van der Waals surface area contributed by atoms with E-state index in [2.05, 4.69) is 35.6 Å². The van der Waals surface area contributed by atoms with Crippen molar-refractivity contribution in [2.75, 3.05) is 12.3 Å². The summed E-state index contributed by atoms with van der Waals surface area (Å²) in [7, 11) is 0. The highest BCUT2D eigenvalue weighted by atomic mass is 16.6. The lowest BCUT2D eigenvalue weighted by molar-refractivity contribution is 0.0518. The fraction of sp³-hybridized carbons (Fsp3) is 0.286. The smallest absolute Gasteiger partial charge is 0.360 e. The number of ether oxygens (including phenoxy) is 1. The highest BCUT2D eigenvalue weighted by Crippen LogP contribution is 2.16. The Kier molecular flexibility index (Phi) is 4.95. The zero-order valence-corrected chi connectivity index (χ0v) is 13.4. The Balaban J connectivity index is 1.84. The summed E-state index contributed by atoms with van der Waals surface area (Å²) in [4.78, 5) is 16.1. The molecular formula is C14H16N8O3. The molecule has 0 atom stereocenters. The van der Waals surface area contributed by atoms with Crippen molar-refractivity contribution in [3.8, 4) is 5.82 Å². The van der Waals surface area contributed by atoms with Gasteiger partial charge in [-0.15, -0.1) is 5.10 Å². The molecule has 0 aliphatic rings. The van der Waals surface area contributed by atoms with Crippen LogP contribution in [0.15, 0.2) is 29.2 Å². The van der Waals surface area contributed by atoms with Gasteiger partial charge in [-0.3, -0.25) is 4.98 Å². The van der Waals surface area contributed by atoms with Crippen LogP contribution >= 0.6 is 0 Å². The molecule has 0 aliphatic carbocycles. The molecule has 11 heteroatoms. The van der Waals surface area contributed by atoms with Crippen LogP contribution in [0.4, 0.5) is 5.82 Å². The number of esters is 1. The first-order valence-electron chi connectivity index (χ1n) is 7.50. The number of hydrogen-bond acceptors (Lipinski definition) is 10. The number of rotatable bonds is 7. The van der Waals surface area contributed by atoms with Crippen molar-refractivity contribution in [3.05, 3.63) is 41.5 Å². The summed E-state index contributed by atoms with van der Waals surface area (Å²) in [5, 5.41) is 18.2. The maximum Gasteiger partial charge on any atom is 0.360 e. The number of aromatic nitrogens is 6. The molecule has 3 aromatic rings. The van der Waals surface area contributed by atoms with E-state index in [-0.39, 0.29) is 30.5 Å². The number of nitrogens with zero attached hydrogens (tertiary/aromatic N) is 6. The summed E-state index contributed by atoms with van der Waals surface area (Å²) >= 11 is 0. The van der Waals surface area contributed by atoms with Crippen molar-refractivity contribution < 1.29 is 14.2 Å². The number of nitrogens with two attached hydrogens (primary N) is 1. The minimum absolute atomic E-state index is 0.0359. The first kappa shape index (κ1) is 16.5. The standard InChI is InChI=1S/C14H16N8O3/c1-2-24-14(23)11-10(8-17-7-9-4-3-5-16-6-9)22(21-18-11)13-12(15)19-25-20-13/h3-6,17H,2,7-8H2,1H3,(H2,15,19). The average Bonchev–Trinajstić information content (AvgIpc) is 3.22. The number of hydrogen-bond donors (Lipinski definition) is 2. The van der Waals surface area contributed by atoms with Crippen molar-refractivity contribution in [1.82, 2.24) is 35.6 Å². The maximum atomic E-state index is 12.1. The van der Waals surface area contributed by atoms with Crippen LogP contribution in [0.2, 0.25) is 0 Å². The van der Waals surface area contributed by atoms with E-state index in [1.54, 1.807) is 19.3 Å². The van der Waals surface area contributed by atoms with Crippen LogP contribution in [-0.4, -0.2) is 42.9 Å². The van der Waals surface area contributed by atoms with Gasteiger partial charge in [0.2, 0.25) is 11.6 Å². The van der Waals surface area contributed by atoms with Gasteiger partial charge in [-0.25, -0.2) is 9.42 Å². The molecule has 0 radical (unpaired) electrons. The number of nitrogens with one attached hydrogen (secondary N) is 1. The summed E-state index contributed by atoms with van der Waals surface area (Å²) in [6.45, 7) is 2.74. The van der Waals surface area contributed by atoms with Crippen molar-refractivity contribution >= 4 is 11.8 Å². The number of pyridine rings is 1. The number of carbonyl (C=O) groups is 1. The van der Waals surface area contributed by atoms with Crippen molar-refractivity contribution in [1.29, 1.82) is 0 Å². The molecule has 0 amide bonds. The Morgan fingerprint density at radius 2 is 2.28 bits per heavy atom. The van der Waals surface area contributed by atoms with E-state index in [9.17, 15) is 4.79 Å². The lowest BCUT2D eigenvalue weighted by atomic mass is 10.2. The second-order valence-electron chi connectivity index (χ2n) is 4.95. The molecule has 0 aliphatic heterocycles. The number of anilines is 1. The zero-order chi connectivity index (χ0) is 17.6. The zero-order valence-electron chi connectivity index (χ0n) is 13.4. The second kappa shape index (κ2) is 7.49. The van der Waals surface area contributed by atoms with E-state index in [1.807, 2.05) is 12.1 Å². The molecule has 3 heterocycles. The topological polar surface area (TPSA) is 147 Å². The van der Waals surface area contributed by atoms with Crippen LogP contribution in [0.5, 0.6) is 0 Å². The van der Waals surface area contributed by atoms with Crippen LogP contribution in [0, 0.1) is 0 Å². The van der Waals surface area contributed by atoms with Crippen molar-refractivity contribution in [2.24, 2.45) is 0 Å². The number of nitrogen functional groups attached to an aromatic ring is 1. The summed E-state index contributed by atoms with van der Waals surface area (Å²) in [5.74, 6) is -0.392. The normalized spacial score (nSPS) is 10.8. The molecule has 0 spiro atoms. The van der Waals surface area contributed by atoms with Gasteiger partial charge in [-0.2, -0.15) is 4.68 Å². The lowest BCUT2D eigenvalue weighted by Gasteiger charge is -2.07. The summed E-state index contributed by atoms with van der Waals surface area (Å²) in [6, 6.07) is 3.77. The van der Waals surface area contributed by atoms with Crippen LogP contribution in [0.3, 0.4) is 0 Å². The van der Waals surface area contributed by atoms with E-state index < -0.39 is 5.97 Å². The molecule has 0 saturated carbocycles. The van der Waals surface area contributed by atoms with Gasteiger partial charge in [0.1, 0.15) is 0 Å². The Hall–Kier alpha value is -3.34. The van der Waals surface area contributed by atoms with E-state index in [0.29, 0.717) is 12.2 Å².